The van der Waals surface area contributed by atoms with E-state index >= 15 is 0 Å². The summed E-state index contributed by atoms with van der Waals surface area (Å²) in [6, 6.07) is 10.9. The molecule has 19 heavy (non-hydrogen) atoms. The molecule has 106 valence electrons. The Morgan fingerprint density at radius 2 is 2.00 bits per heavy atom. The molecule has 0 unspecified atom stereocenters. The highest BCUT2D eigenvalue weighted by atomic mass is 32.2. The molecule has 0 aromatic heterocycles. The Labute approximate surface area is 120 Å². The molecule has 4 heteroatoms. The zero-order valence-corrected chi connectivity index (χ0v) is 12.9. The third-order valence-electron chi connectivity index (χ3n) is 3.04. The number of carbonyl (C=O) groups excluding carboxylic acids is 1. The molecule has 1 atom stereocenters. The summed E-state index contributed by atoms with van der Waals surface area (Å²) >= 11 is 1.86. The highest BCUT2D eigenvalue weighted by Crippen LogP contribution is 2.19. The number of carbonyl (C=O) groups is 1. The standard InChI is InChI=1S/C15H24N2OS/c1-16-13(8-7-11-15(18)17(2)3)12-19-14-9-5-4-6-10-14/h4-6,9-10,13,16H,7-8,11-12H2,1-3H3/t13-/m1/s1. The third kappa shape index (κ3) is 6.64. The molecule has 0 saturated carbocycles. The van der Waals surface area contributed by atoms with E-state index in [2.05, 4.69) is 29.6 Å². The molecule has 1 aromatic rings. The Hall–Kier alpha value is -1.00. The van der Waals surface area contributed by atoms with Gasteiger partial charge in [-0.1, -0.05) is 18.2 Å². The fourth-order valence-corrected chi connectivity index (χ4v) is 2.82. The number of hydrogen-bond donors (Lipinski definition) is 1. The molecule has 3 nitrogen and oxygen atoms in total. The van der Waals surface area contributed by atoms with Crippen LogP contribution in [0.1, 0.15) is 19.3 Å². The second kappa shape index (κ2) is 8.99. The molecule has 0 radical (unpaired) electrons. The van der Waals surface area contributed by atoms with E-state index < -0.39 is 0 Å². The van der Waals surface area contributed by atoms with Gasteiger partial charge in [0.1, 0.15) is 0 Å². The van der Waals surface area contributed by atoms with Gasteiger partial charge in [-0.2, -0.15) is 0 Å². The molecular formula is C15H24N2OS. The van der Waals surface area contributed by atoms with Gasteiger partial charge in [-0.05, 0) is 32.0 Å². The fourth-order valence-electron chi connectivity index (χ4n) is 1.75. The van der Waals surface area contributed by atoms with Crippen molar-refractivity contribution in [2.24, 2.45) is 0 Å². The van der Waals surface area contributed by atoms with Crippen molar-refractivity contribution in [3.63, 3.8) is 0 Å². The van der Waals surface area contributed by atoms with Crippen LogP contribution in [0.3, 0.4) is 0 Å². The number of thioether (sulfide) groups is 1. The van der Waals surface area contributed by atoms with Crippen LogP contribution in [0, 0.1) is 0 Å². The van der Waals surface area contributed by atoms with Gasteiger partial charge in [-0.25, -0.2) is 0 Å². The monoisotopic (exact) mass is 280 g/mol. The molecule has 0 aliphatic carbocycles. The minimum Gasteiger partial charge on any atom is -0.349 e. The Morgan fingerprint density at radius 1 is 1.32 bits per heavy atom. The van der Waals surface area contributed by atoms with Gasteiger partial charge in [0, 0.05) is 37.2 Å². The topological polar surface area (TPSA) is 32.3 Å². The van der Waals surface area contributed by atoms with Crippen molar-refractivity contribution >= 4 is 17.7 Å². The Balaban J connectivity index is 2.24. The average molecular weight is 280 g/mol. The molecule has 0 fully saturated rings. The largest absolute Gasteiger partial charge is 0.349 e. The zero-order chi connectivity index (χ0) is 14.1. The first kappa shape index (κ1) is 16.1. The van der Waals surface area contributed by atoms with E-state index in [9.17, 15) is 4.79 Å². The smallest absolute Gasteiger partial charge is 0.222 e. The molecule has 0 aliphatic rings. The SMILES string of the molecule is CN[C@H](CCCC(=O)N(C)C)CSc1ccccc1. The fraction of sp³-hybridized carbons (Fsp3) is 0.533. The van der Waals surface area contributed by atoms with E-state index in [1.165, 1.54) is 4.90 Å². The van der Waals surface area contributed by atoms with Crippen LogP contribution in [0.15, 0.2) is 35.2 Å². The van der Waals surface area contributed by atoms with Crippen LogP contribution >= 0.6 is 11.8 Å². The number of benzene rings is 1. The minimum absolute atomic E-state index is 0.213. The number of amides is 1. The first-order valence-corrected chi connectivity index (χ1v) is 7.67. The summed E-state index contributed by atoms with van der Waals surface area (Å²) in [5, 5.41) is 3.33. The van der Waals surface area contributed by atoms with E-state index in [4.69, 9.17) is 0 Å². The second-order valence-electron chi connectivity index (χ2n) is 4.79. The zero-order valence-electron chi connectivity index (χ0n) is 12.1. The van der Waals surface area contributed by atoms with Crippen molar-refractivity contribution in [3.05, 3.63) is 30.3 Å². The highest BCUT2D eigenvalue weighted by molar-refractivity contribution is 7.99. The average Bonchev–Trinajstić information content (AvgIpc) is 2.43. The van der Waals surface area contributed by atoms with Crippen molar-refractivity contribution in [1.29, 1.82) is 0 Å². The van der Waals surface area contributed by atoms with Gasteiger partial charge in [0.05, 0.1) is 0 Å². The van der Waals surface area contributed by atoms with E-state index in [0.29, 0.717) is 12.5 Å². The molecule has 0 aliphatic heterocycles. The molecular weight excluding hydrogens is 256 g/mol. The van der Waals surface area contributed by atoms with Crippen molar-refractivity contribution in [2.45, 2.75) is 30.2 Å². The molecule has 0 bridgehead atoms. The van der Waals surface area contributed by atoms with Crippen LogP contribution in [0.5, 0.6) is 0 Å². The van der Waals surface area contributed by atoms with Crippen LogP contribution < -0.4 is 5.32 Å². The number of rotatable bonds is 8. The van der Waals surface area contributed by atoms with Gasteiger partial charge in [-0.3, -0.25) is 4.79 Å². The molecule has 1 amide bonds. The Kier molecular flexibility index (Phi) is 7.60. The molecule has 1 rings (SSSR count). The maximum atomic E-state index is 11.5. The predicted molar refractivity (Wildman–Crippen MR) is 82.6 cm³/mol. The summed E-state index contributed by atoms with van der Waals surface area (Å²) in [4.78, 5) is 14.5. The van der Waals surface area contributed by atoms with Crippen molar-refractivity contribution in [1.82, 2.24) is 10.2 Å². The summed E-state index contributed by atoms with van der Waals surface area (Å²) in [6.45, 7) is 0. The van der Waals surface area contributed by atoms with Gasteiger partial charge < -0.3 is 10.2 Å². The first-order chi connectivity index (χ1) is 9.13. The Morgan fingerprint density at radius 3 is 2.58 bits per heavy atom. The first-order valence-electron chi connectivity index (χ1n) is 6.68. The van der Waals surface area contributed by atoms with E-state index in [0.717, 1.165) is 18.6 Å². The molecule has 1 aromatic carbocycles. The normalized spacial score (nSPS) is 12.2. The van der Waals surface area contributed by atoms with Crippen LogP contribution in [0.2, 0.25) is 0 Å². The summed E-state index contributed by atoms with van der Waals surface area (Å²) < 4.78 is 0. The van der Waals surface area contributed by atoms with Gasteiger partial charge in [-0.15, -0.1) is 11.8 Å². The lowest BCUT2D eigenvalue weighted by Gasteiger charge is -2.16. The summed E-state index contributed by atoms with van der Waals surface area (Å²) in [5.41, 5.74) is 0. The summed E-state index contributed by atoms with van der Waals surface area (Å²) in [5.74, 6) is 1.25. The predicted octanol–water partition coefficient (Wildman–Crippen LogP) is 2.63. The van der Waals surface area contributed by atoms with Crippen LogP contribution in [-0.4, -0.2) is 43.7 Å². The van der Waals surface area contributed by atoms with Gasteiger partial charge in [0.25, 0.3) is 0 Å². The quantitative estimate of drug-likeness (QED) is 0.743. The number of nitrogens with zero attached hydrogens (tertiary/aromatic N) is 1. The lowest BCUT2D eigenvalue weighted by molar-refractivity contribution is -0.128. The van der Waals surface area contributed by atoms with Gasteiger partial charge in [0.2, 0.25) is 5.91 Å². The molecule has 1 N–H and O–H groups in total. The van der Waals surface area contributed by atoms with E-state index in [-0.39, 0.29) is 5.91 Å². The van der Waals surface area contributed by atoms with Crippen LogP contribution in [0.25, 0.3) is 0 Å². The van der Waals surface area contributed by atoms with E-state index in [1.54, 1.807) is 4.90 Å². The number of hydrogen-bond acceptors (Lipinski definition) is 3. The molecule has 0 heterocycles. The van der Waals surface area contributed by atoms with Crippen molar-refractivity contribution in [3.8, 4) is 0 Å². The van der Waals surface area contributed by atoms with Crippen molar-refractivity contribution < 1.29 is 4.79 Å². The summed E-state index contributed by atoms with van der Waals surface area (Å²) in [7, 11) is 5.61. The highest BCUT2D eigenvalue weighted by Gasteiger charge is 2.09. The number of nitrogens with one attached hydrogen (secondary N) is 1. The maximum Gasteiger partial charge on any atom is 0.222 e. The third-order valence-corrected chi connectivity index (χ3v) is 4.22. The van der Waals surface area contributed by atoms with Gasteiger partial charge >= 0.3 is 0 Å². The van der Waals surface area contributed by atoms with Crippen LogP contribution in [0.4, 0.5) is 0 Å². The minimum atomic E-state index is 0.213. The second-order valence-corrected chi connectivity index (χ2v) is 5.88. The molecule has 0 saturated heterocycles. The Bertz CT molecular complexity index is 368. The maximum absolute atomic E-state index is 11.5. The lowest BCUT2D eigenvalue weighted by atomic mass is 10.1. The lowest BCUT2D eigenvalue weighted by Crippen LogP contribution is -2.28. The van der Waals surface area contributed by atoms with Crippen LogP contribution in [-0.2, 0) is 4.79 Å². The summed E-state index contributed by atoms with van der Waals surface area (Å²) in [6.07, 6.45) is 2.62. The van der Waals surface area contributed by atoms with Gasteiger partial charge in [0.15, 0.2) is 0 Å². The van der Waals surface area contributed by atoms with E-state index in [1.807, 2.05) is 39.0 Å². The van der Waals surface area contributed by atoms with Crippen molar-refractivity contribution in [2.75, 3.05) is 26.9 Å². The molecule has 0 spiro atoms.